The van der Waals surface area contributed by atoms with Crippen LogP contribution in [0.2, 0.25) is 0 Å². The van der Waals surface area contributed by atoms with Crippen LogP contribution in [0.1, 0.15) is 34.2 Å². The largest absolute Gasteiger partial charge is 0.398 e. The number of benzene rings is 1. The molecule has 3 N–H and O–H groups in total. The molecule has 21 heavy (non-hydrogen) atoms. The maximum Gasteiger partial charge on any atom is 0.257 e. The second-order valence-electron chi connectivity index (χ2n) is 4.84. The molecular formula is C15H17BrN4O. The molecule has 0 aliphatic carbocycles. The van der Waals surface area contributed by atoms with Gasteiger partial charge in [0.05, 0.1) is 22.6 Å². The van der Waals surface area contributed by atoms with Crippen molar-refractivity contribution in [2.45, 2.75) is 27.2 Å². The van der Waals surface area contributed by atoms with Crippen LogP contribution in [0.5, 0.6) is 0 Å². The zero-order valence-electron chi connectivity index (χ0n) is 12.2. The van der Waals surface area contributed by atoms with Gasteiger partial charge in [0.1, 0.15) is 0 Å². The van der Waals surface area contributed by atoms with Crippen molar-refractivity contribution in [3.05, 3.63) is 45.2 Å². The van der Waals surface area contributed by atoms with Crippen molar-refractivity contribution >= 4 is 33.2 Å². The molecule has 1 aromatic carbocycles. The summed E-state index contributed by atoms with van der Waals surface area (Å²) in [5.74, 6) is -0.214. The number of rotatable bonds is 3. The average Bonchev–Trinajstić information content (AvgIpc) is 2.44. The first-order chi connectivity index (χ1) is 9.92. The Labute approximate surface area is 132 Å². The number of amides is 1. The van der Waals surface area contributed by atoms with Crippen molar-refractivity contribution in [2.75, 3.05) is 11.1 Å². The van der Waals surface area contributed by atoms with Gasteiger partial charge in [-0.2, -0.15) is 10.2 Å². The van der Waals surface area contributed by atoms with Crippen LogP contribution >= 0.6 is 15.9 Å². The third kappa shape index (κ3) is 3.39. The summed E-state index contributed by atoms with van der Waals surface area (Å²) >= 11 is 3.43. The average molecular weight is 349 g/mol. The van der Waals surface area contributed by atoms with Crippen LogP contribution in [-0.2, 0) is 6.42 Å². The lowest BCUT2D eigenvalue weighted by molar-refractivity contribution is 0.102. The first-order valence-corrected chi connectivity index (χ1v) is 7.41. The number of anilines is 2. The highest BCUT2D eigenvalue weighted by Crippen LogP contribution is 2.28. The van der Waals surface area contributed by atoms with E-state index in [-0.39, 0.29) is 5.91 Å². The Hall–Kier alpha value is -1.95. The number of carbonyl (C=O) groups is 1. The highest BCUT2D eigenvalue weighted by atomic mass is 79.9. The van der Waals surface area contributed by atoms with E-state index in [0.717, 1.165) is 10.0 Å². The smallest absolute Gasteiger partial charge is 0.257 e. The summed E-state index contributed by atoms with van der Waals surface area (Å²) in [5, 5.41) is 10.9. The van der Waals surface area contributed by atoms with Gasteiger partial charge in [-0.3, -0.25) is 4.79 Å². The Morgan fingerprint density at radius 2 is 2.00 bits per heavy atom. The maximum absolute atomic E-state index is 12.5. The standard InChI is InChI=1S/C15H17BrN4O/c1-4-13-10(6-9(3)19-20-13)15(21)18-14-7-12(17)8(2)5-11(14)16/h5-7H,4,17H2,1-3H3,(H,18,21). The van der Waals surface area contributed by atoms with Gasteiger partial charge in [0.25, 0.3) is 5.91 Å². The van der Waals surface area contributed by atoms with Crippen LogP contribution in [0.15, 0.2) is 22.7 Å². The molecule has 0 aliphatic rings. The van der Waals surface area contributed by atoms with Crippen LogP contribution in [0, 0.1) is 13.8 Å². The molecule has 0 unspecified atom stereocenters. The van der Waals surface area contributed by atoms with Crippen molar-refractivity contribution in [3.8, 4) is 0 Å². The summed E-state index contributed by atoms with van der Waals surface area (Å²) in [4.78, 5) is 12.5. The summed E-state index contributed by atoms with van der Waals surface area (Å²) < 4.78 is 0.791. The van der Waals surface area contributed by atoms with Crippen LogP contribution in [0.4, 0.5) is 11.4 Å². The molecule has 0 fully saturated rings. The van der Waals surface area contributed by atoms with Gasteiger partial charge in [0, 0.05) is 10.2 Å². The Morgan fingerprint density at radius 1 is 1.29 bits per heavy atom. The first kappa shape index (κ1) is 15.4. The number of nitrogen functional groups attached to an aromatic ring is 1. The van der Waals surface area contributed by atoms with E-state index in [1.807, 2.05) is 26.8 Å². The molecule has 110 valence electrons. The maximum atomic E-state index is 12.5. The predicted molar refractivity (Wildman–Crippen MR) is 87.4 cm³/mol. The lowest BCUT2D eigenvalue weighted by atomic mass is 10.1. The van der Waals surface area contributed by atoms with Gasteiger partial charge in [-0.05, 0) is 60.0 Å². The molecule has 0 spiro atoms. The van der Waals surface area contributed by atoms with E-state index in [0.29, 0.717) is 34.7 Å². The SMILES string of the molecule is CCc1nnc(C)cc1C(=O)Nc1cc(N)c(C)cc1Br. The molecule has 1 heterocycles. The monoisotopic (exact) mass is 348 g/mol. The number of nitrogens with two attached hydrogens (primary N) is 1. The topological polar surface area (TPSA) is 80.9 Å². The first-order valence-electron chi connectivity index (χ1n) is 6.62. The van der Waals surface area contributed by atoms with Crippen molar-refractivity contribution in [2.24, 2.45) is 0 Å². The van der Waals surface area contributed by atoms with E-state index in [2.05, 4.69) is 31.4 Å². The van der Waals surface area contributed by atoms with Crippen LogP contribution in [0.3, 0.4) is 0 Å². The molecule has 1 aromatic heterocycles. The van der Waals surface area contributed by atoms with Crippen molar-refractivity contribution < 1.29 is 4.79 Å². The highest BCUT2D eigenvalue weighted by molar-refractivity contribution is 9.10. The van der Waals surface area contributed by atoms with Crippen molar-refractivity contribution in [3.63, 3.8) is 0 Å². The zero-order chi connectivity index (χ0) is 15.6. The molecule has 0 saturated carbocycles. The van der Waals surface area contributed by atoms with E-state index in [4.69, 9.17) is 5.73 Å². The van der Waals surface area contributed by atoms with Gasteiger partial charge in [-0.25, -0.2) is 0 Å². The molecule has 0 radical (unpaired) electrons. The fourth-order valence-electron chi connectivity index (χ4n) is 1.95. The molecule has 0 atom stereocenters. The minimum Gasteiger partial charge on any atom is -0.398 e. The van der Waals surface area contributed by atoms with Crippen LogP contribution in [0.25, 0.3) is 0 Å². The van der Waals surface area contributed by atoms with E-state index in [9.17, 15) is 4.79 Å². The number of aromatic nitrogens is 2. The van der Waals surface area contributed by atoms with E-state index < -0.39 is 0 Å². The lowest BCUT2D eigenvalue weighted by Gasteiger charge is -2.12. The van der Waals surface area contributed by atoms with E-state index in [1.165, 1.54) is 0 Å². The minimum atomic E-state index is -0.214. The molecule has 5 nitrogen and oxygen atoms in total. The van der Waals surface area contributed by atoms with Crippen LogP contribution < -0.4 is 11.1 Å². The normalized spacial score (nSPS) is 10.5. The Morgan fingerprint density at radius 3 is 2.67 bits per heavy atom. The van der Waals surface area contributed by atoms with Crippen molar-refractivity contribution in [1.29, 1.82) is 0 Å². The van der Waals surface area contributed by atoms with Gasteiger partial charge >= 0.3 is 0 Å². The highest BCUT2D eigenvalue weighted by Gasteiger charge is 2.15. The Balaban J connectivity index is 2.34. The predicted octanol–water partition coefficient (Wildman–Crippen LogP) is 3.25. The number of halogens is 1. The van der Waals surface area contributed by atoms with Gasteiger partial charge in [0.2, 0.25) is 0 Å². The Bertz CT molecular complexity index is 700. The Kier molecular flexibility index (Phi) is 4.57. The molecule has 6 heteroatoms. The molecule has 0 bridgehead atoms. The molecule has 0 aliphatic heterocycles. The molecular weight excluding hydrogens is 332 g/mol. The fraction of sp³-hybridized carbons (Fsp3) is 0.267. The molecule has 0 saturated heterocycles. The molecule has 2 rings (SSSR count). The lowest BCUT2D eigenvalue weighted by Crippen LogP contribution is -2.16. The summed E-state index contributed by atoms with van der Waals surface area (Å²) in [6.45, 7) is 5.66. The minimum absolute atomic E-state index is 0.214. The van der Waals surface area contributed by atoms with Gasteiger partial charge in [0.15, 0.2) is 0 Å². The second-order valence-corrected chi connectivity index (χ2v) is 5.70. The fourth-order valence-corrected chi connectivity index (χ4v) is 2.50. The summed E-state index contributed by atoms with van der Waals surface area (Å²) in [6, 6.07) is 5.36. The quantitative estimate of drug-likeness (QED) is 0.834. The number of nitrogens with one attached hydrogen (secondary N) is 1. The number of carbonyl (C=O) groups excluding carboxylic acids is 1. The number of hydrogen-bond donors (Lipinski definition) is 2. The van der Waals surface area contributed by atoms with Crippen LogP contribution in [-0.4, -0.2) is 16.1 Å². The number of nitrogens with zero attached hydrogens (tertiary/aromatic N) is 2. The summed E-state index contributed by atoms with van der Waals surface area (Å²) in [6.07, 6.45) is 0.646. The summed E-state index contributed by atoms with van der Waals surface area (Å²) in [5.41, 5.74) is 10.0. The number of aryl methyl sites for hydroxylation is 3. The summed E-state index contributed by atoms with van der Waals surface area (Å²) in [7, 11) is 0. The van der Waals surface area contributed by atoms with Gasteiger partial charge in [-0.15, -0.1) is 0 Å². The zero-order valence-corrected chi connectivity index (χ0v) is 13.8. The van der Waals surface area contributed by atoms with E-state index >= 15 is 0 Å². The second kappa shape index (κ2) is 6.22. The van der Waals surface area contributed by atoms with Crippen molar-refractivity contribution in [1.82, 2.24) is 10.2 Å². The molecule has 2 aromatic rings. The molecule has 1 amide bonds. The third-order valence-electron chi connectivity index (χ3n) is 3.18. The van der Waals surface area contributed by atoms with Gasteiger partial charge < -0.3 is 11.1 Å². The van der Waals surface area contributed by atoms with E-state index in [1.54, 1.807) is 12.1 Å². The van der Waals surface area contributed by atoms with Gasteiger partial charge in [-0.1, -0.05) is 6.92 Å². The number of hydrogen-bond acceptors (Lipinski definition) is 4. The third-order valence-corrected chi connectivity index (χ3v) is 3.83.